The Balaban J connectivity index is 2.81. The van der Waals surface area contributed by atoms with Crippen LogP contribution in [0.4, 0.5) is 0 Å². The summed E-state index contributed by atoms with van der Waals surface area (Å²) in [4.78, 5) is 22.9. The number of carbonyl (C=O) groups excluding carboxylic acids is 1. The molecule has 0 bridgehead atoms. The number of aliphatic carboxylic acids is 1. The summed E-state index contributed by atoms with van der Waals surface area (Å²) in [5, 5.41) is 11.7. The molecule has 1 aromatic rings. The van der Waals surface area contributed by atoms with Crippen molar-refractivity contribution in [3.8, 4) is 0 Å². The van der Waals surface area contributed by atoms with Gasteiger partial charge in [-0.3, -0.25) is 9.59 Å². The molecule has 0 fully saturated rings. The summed E-state index contributed by atoms with van der Waals surface area (Å²) in [6.07, 6.45) is -0.779. The first-order chi connectivity index (χ1) is 9.43. The van der Waals surface area contributed by atoms with Gasteiger partial charge in [-0.05, 0) is 31.5 Å². The van der Waals surface area contributed by atoms with E-state index in [4.69, 9.17) is 9.84 Å². The zero-order valence-electron chi connectivity index (χ0n) is 11.4. The monoisotopic (exact) mass is 343 g/mol. The molecule has 1 amide bonds. The maximum atomic E-state index is 11.9. The number of carboxylic acid groups (broad SMARTS) is 1. The highest BCUT2D eigenvalue weighted by atomic mass is 79.9. The van der Waals surface area contributed by atoms with Crippen LogP contribution in [0.5, 0.6) is 0 Å². The molecule has 1 rings (SSSR count). The fourth-order valence-corrected chi connectivity index (χ4v) is 2.00. The average Bonchev–Trinajstić information content (AvgIpc) is 2.38. The summed E-state index contributed by atoms with van der Waals surface area (Å²) < 4.78 is 6.09. The van der Waals surface area contributed by atoms with E-state index in [1.807, 2.05) is 12.1 Å². The molecule has 2 atom stereocenters. The Labute approximate surface area is 126 Å². The average molecular weight is 344 g/mol. The second kappa shape index (κ2) is 8.01. The van der Waals surface area contributed by atoms with Crippen molar-refractivity contribution in [2.45, 2.75) is 32.4 Å². The normalized spacial score (nSPS) is 13.6. The van der Waals surface area contributed by atoms with Crippen LogP contribution in [-0.4, -0.2) is 29.7 Å². The van der Waals surface area contributed by atoms with Crippen molar-refractivity contribution >= 4 is 27.8 Å². The first-order valence-corrected chi connectivity index (χ1v) is 7.12. The van der Waals surface area contributed by atoms with Crippen LogP contribution < -0.4 is 5.32 Å². The quantitative estimate of drug-likeness (QED) is 0.797. The lowest BCUT2D eigenvalue weighted by Gasteiger charge is -2.20. The van der Waals surface area contributed by atoms with Crippen LogP contribution in [0.3, 0.4) is 0 Å². The first kappa shape index (κ1) is 16.7. The van der Waals surface area contributed by atoms with Crippen molar-refractivity contribution < 1.29 is 19.4 Å². The van der Waals surface area contributed by atoms with Gasteiger partial charge in [0.05, 0.1) is 12.5 Å². The number of benzene rings is 1. The minimum absolute atomic E-state index is 0.174. The van der Waals surface area contributed by atoms with Crippen molar-refractivity contribution in [3.05, 3.63) is 34.3 Å². The third-order valence-electron chi connectivity index (χ3n) is 2.75. The summed E-state index contributed by atoms with van der Waals surface area (Å²) in [5.41, 5.74) is 0.743. The van der Waals surface area contributed by atoms with E-state index in [0.29, 0.717) is 6.61 Å². The molecular weight excluding hydrogens is 326 g/mol. The molecule has 0 heterocycles. The van der Waals surface area contributed by atoms with Crippen LogP contribution in [0.1, 0.15) is 31.9 Å². The van der Waals surface area contributed by atoms with E-state index in [0.717, 1.165) is 10.0 Å². The Hall–Kier alpha value is -1.40. The van der Waals surface area contributed by atoms with Crippen LogP contribution in [0.15, 0.2) is 28.7 Å². The molecule has 1 aromatic carbocycles. The lowest BCUT2D eigenvalue weighted by molar-refractivity contribution is -0.138. The minimum atomic E-state index is -0.970. The predicted octanol–water partition coefficient (Wildman–Crippen LogP) is 2.51. The van der Waals surface area contributed by atoms with Crippen LogP contribution in [0.25, 0.3) is 0 Å². The zero-order chi connectivity index (χ0) is 15.1. The van der Waals surface area contributed by atoms with Crippen LogP contribution >= 0.6 is 15.9 Å². The fourth-order valence-electron chi connectivity index (χ4n) is 1.74. The summed E-state index contributed by atoms with van der Waals surface area (Å²) in [6.45, 7) is 3.86. The number of rotatable bonds is 7. The topological polar surface area (TPSA) is 75.6 Å². The second-order valence-corrected chi connectivity index (χ2v) is 5.22. The predicted molar refractivity (Wildman–Crippen MR) is 78.4 cm³/mol. The smallest absolute Gasteiger partial charge is 0.305 e. The highest BCUT2D eigenvalue weighted by molar-refractivity contribution is 9.10. The minimum Gasteiger partial charge on any atom is -0.481 e. The van der Waals surface area contributed by atoms with Gasteiger partial charge in [-0.25, -0.2) is 0 Å². The van der Waals surface area contributed by atoms with Crippen molar-refractivity contribution in [1.82, 2.24) is 5.32 Å². The van der Waals surface area contributed by atoms with Crippen molar-refractivity contribution in [1.29, 1.82) is 0 Å². The highest BCUT2D eigenvalue weighted by Gasteiger charge is 2.21. The Morgan fingerprint density at radius 2 is 1.95 bits per heavy atom. The number of carbonyl (C=O) groups is 2. The molecule has 0 saturated heterocycles. The standard InChI is InChI=1S/C14H18BrNO4/c1-3-20-9(2)14(19)16-12(8-13(17)18)10-4-6-11(15)7-5-10/h4-7,9,12H,3,8H2,1-2H3,(H,16,19)(H,17,18). The molecule has 0 spiro atoms. The number of carboxylic acids is 1. The zero-order valence-corrected chi connectivity index (χ0v) is 13.0. The maximum Gasteiger partial charge on any atom is 0.305 e. The van der Waals surface area contributed by atoms with Gasteiger partial charge in [0.15, 0.2) is 0 Å². The van der Waals surface area contributed by atoms with Crippen LogP contribution in [0, 0.1) is 0 Å². The van der Waals surface area contributed by atoms with E-state index < -0.39 is 18.1 Å². The van der Waals surface area contributed by atoms with Gasteiger partial charge < -0.3 is 15.2 Å². The number of hydrogen-bond acceptors (Lipinski definition) is 3. The number of amides is 1. The molecule has 0 aliphatic heterocycles. The summed E-state index contributed by atoms with van der Waals surface area (Å²) in [5.74, 6) is -1.29. The van der Waals surface area contributed by atoms with Gasteiger partial charge in [-0.1, -0.05) is 28.1 Å². The molecule has 0 aromatic heterocycles. The number of nitrogens with one attached hydrogen (secondary N) is 1. The maximum absolute atomic E-state index is 11.9. The number of hydrogen-bond donors (Lipinski definition) is 2. The summed E-state index contributed by atoms with van der Waals surface area (Å²) >= 11 is 3.32. The van der Waals surface area contributed by atoms with Crippen LogP contribution in [0.2, 0.25) is 0 Å². The Kier molecular flexibility index (Phi) is 6.67. The SMILES string of the molecule is CCOC(C)C(=O)NC(CC(=O)O)c1ccc(Br)cc1. The highest BCUT2D eigenvalue weighted by Crippen LogP contribution is 2.20. The molecular formula is C14H18BrNO4. The molecule has 110 valence electrons. The lowest BCUT2D eigenvalue weighted by atomic mass is 10.0. The number of ether oxygens (including phenoxy) is 1. The fraction of sp³-hybridized carbons (Fsp3) is 0.429. The Morgan fingerprint density at radius 1 is 1.35 bits per heavy atom. The van der Waals surface area contributed by atoms with Crippen molar-refractivity contribution in [2.75, 3.05) is 6.61 Å². The molecule has 0 saturated carbocycles. The van der Waals surface area contributed by atoms with Crippen LogP contribution in [-0.2, 0) is 14.3 Å². The van der Waals surface area contributed by atoms with Gasteiger partial charge >= 0.3 is 5.97 Å². The van der Waals surface area contributed by atoms with Crippen molar-refractivity contribution in [3.63, 3.8) is 0 Å². The van der Waals surface area contributed by atoms with Gasteiger partial charge in [0.2, 0.25) is 5.91 Å². The molecule has 20 heavy (non-hydrogen) atoms. The largest absolute Gasteiger partial charge is 0.481 e. The number of halogens is 1. The van der Waals surface area contributed by atoms with Gasteiger partial charge in [0.25, 0.3) is 0 Å². The molecule has 0 radical (unpaired) electrons. The van der Waals surface area contributed by atoms with E-state index in [2.05, 4.69) is 21.2 Å². The molecule has 0 aliphatic carbocycles. The third kappa shape index (κ3) is 5.30. The molecule has 0 aliphatic rings. The van der Waals surface area contributed by atoms with E-state index in [1.54, 1.807) is 26.0 Å². The second-order valence-electron chi connectivity index (χ2n) is 4.31. The molecule has 2 N–H and O–H groups in total. The molecule has 5 nitrogen and oxygen atoms in total. The summed E-state index contributed by atoms with van der Waals surface area (Å²) in [6, 6.07) is 6.60. The third-order valence-corrected chi connectivity index (χ3v) is 3.28. The van der Waals surface area contributed by atoms with Gasteiger partial charge in [-0.2, -0.15) is 0 Å². The van der Waals surface area contributed by atoms with E-state index >= 15 is 0 Å². The molecule has 2 unspecified atom stereocenters. The van der Waals surface area contributed by atoms with Gasteiger partial charge in [0, 0.05) is 11.1 Å². The van der Waals surface area contributed by atoms with Crippen molar-refractivity contribution in [2.24, 2.45) is 0 Å². The Morgan fingerprint density at radius 3 is 2.45 bits per heavy atom. The van der Waals surface area contributed by atoms with E-state index in [1.165, 1.54) is 0 Å². The van der Waals surface area contributed by atoms with Gasteiger partial charge in [0.1, 0.15) is 6.10 Å². The summed E-state index contributed by atoms with van der Waals surface area (Å²) in [7, 11) is 0. The lowest BCUT2D eigenvalue weighted by Crippen LogP contribution is -2.38. The Bertz CT molecular complexity index is 461. The van der Waals surface area contributed by atoms with Gasteiger partial charge in [-0.15, -0.1) is 0 Å². The van der Waals surface area contributed by atoms with E-state index in [-0.39, 0.29) is 12.3 Å². The molecule has 6 heteroatoms. The van der Waals surface area contributed by atoms with E-state index in [9.17, 15) is 9.59 Å². The first-order valence-electron chi connectivity index (χ1n) is 6.33.